The van der Waals surface area contributed by atoms with Gasteiger partial charge in [-0.15, -0.1) is 0 Å². The second-order valence-electron chi connectivity index (χ2n) is 4.14. The first-order chi connectivity index (χ1) is 8.31. The van der Waals surface area contributed by atoms with Crippen molar-refractivity contribution < 1.29 is 4.74 Å². The molecule has 1 aromatic rings. The number of hydrogen-bond donors (Lipinski definition) is 2. The lowest BCUT2D eigenvalue weighted by Gasteiger charge is -2.10. The Kier molecular flexibility index (Phi) is 6.67. The third kappa shape index (κ3) is 4.75. The highest BCUT2D eigenvalue weighted by Crippen LogP contribution is 2.20. The number of rotatable bonds is 8. The highest BCUT2D eigenvalue weighted by molar-refractivity contribution is 5.37. The Labute approximate surface area is 104 Å². The van der Waals surface area contributed by atoms with Gasteiger partial charge in [0.1, 0.15) is 5.75 Å². The Morgan fingerprint density at radius 3 is 2.76 bits per heavy atom. The number of ether oxygens (including phenoxy) is 1. The van der Waals surface area contributed by atoms with Crippen molar-refractivity contribution in [1.82, 2.24) is 5.32 Å². The molecule has 0 aliphatic rings. The van der Waals surface area contributed by atoms with Crippen LogP contribution in [0.25, 0.3) is 0 Å². The van der Waals surface area contributed by atoms with Gasteiger partial charge in [0.05, 0.1) is 7.11 Å². The maximum atomic E-state index is 5.45. The number of nitrogens with two attached hydrogens (primary N) is 1. The fourth-order valence-corrected chi connectivity index (χ4v) is 1.82. The molecule has 1 aromatic carbocycles. The van der Waals surface area contributed by atoms with Gasteiger partial charge < -0.3 is 15.8 Å². The monoisotopic (exact) mass is 236 g/mol. The zero-order valence-electron chi connectivity index (χ0n) is 11.0. The van der Waals surface area contributed by atoms with Crippen LogP contribution in [0.1, 0.15) is 24.5 Å². The summed E-state index contributed by atoms with van der Waals surface area (Å²) >= 11 is 0. The molecule has 3 nitrogen and oxygen atoms in total. The molecule has 3 N–H and O–H groups in total. The molecule has 0 heterocycles. The first-order valence-electron chi connectivity index (χ1n) is 6.38. The van der Waals surface area contributed by atoms with Gasteiger partial charge in [-0.3, -0.25) is 0 Å². The molecule has 0 radical (unpaired) electrons. The minimum Gasteiger partial charge on any atom is -0.496 e. The maximum absolute atomic E-state index is 5.45. The average Bonchev–Trinajstić information content (AvgIpc) is 2.38. The highest BCUT2D eigenvalue weighted by atomic mass is 16.5. The molecule has 96 valence electrons. The van der Waals surface area contributed by atoms with Gasteiger partial charge in [0, 0.05) is 0 Å². The molecule has 3 heteroatoms. The maximum Gasteiger partial charge on any atom is 0.122 e. The minimum absolute atomic E-state index is 0.752. The molecule has 0 bridgehead atoms. The van der Waals surface area contributed by atoms with E-state index in [2.05, 4.69) is 30.4 Å². The van der Waals surface area contributed by atoms with Gasteiger partial charge in [-0.1, -0.05) is 19.1 Å². The normalized spacial score (nSPS) is 10.5. The molecule has 0 aliphatic heterocycles. The minimum atomic E-state index is 0.752. The van der Waals surface area contributed by atoms with Crippen LogP contribution in [0.3, 0.4) is 0 Å². The van der Waals surface area contributed by atoms with Crippen molar-refractivity contribution in [3.63, 3.8) is 0 Å². The zero-order chi connectivity index (χ0) is 12.5. The van der Waals surface area contributed by atoms with E-state index in [1.165, 1.54) is 11.1 Å². The van der Waals surface area contributed by atoms with Crippen molar-refractivity contribution in [2.45, 2.75) is 26.2 Å². The lowest BCUT2D eigenvalue weighted by molar-refractivity contribution is 0.409. The second kappa shape index (κ2) is 8.09. The molecule has 0 fully saturated rings. The molecule has 0 aliphatic carbocycles. The van der Waals surface area contributed by atoms with Gasteiger partial charge in [-0.25, -0.2) is 0 Å². The van der Waals surface area contributed by atoms with E-state index in [1.54, 1.807) is 7.11 Å². The summed E-state index contributed by atoms with van der Waals surface area (Å²) in [6.45, 7) is 4.89. The van der Waals surface area contributed by atoms with Crippen LogP contribution in [0, 0.1) is 0 Å². The molecule has 0 saturated carbocycles. The smallest absolute Gasteiger partial charge is 0.122 e. The number of nitrogens with one attached hydrogen (secondary N) is 1. The van der Waals surface area contributed by atoms with Crippen molar-refractivity contribution in [2.24, 2.45) is 5.73 Å². The zero-order valence-corrected chi connectivity index (χ0v) is 11.0. The molecule has 0 saturated heterocycles. The summed E-state index contributed by atoms with van der Waals surface area (Å²) < 4.78 is 5.38. The van der Waals surface area contributed by atoms with E-state index < -0.39 is 0 Å². The van der Waals surface area contributed by atoms with E-state index in [0.717, 1.165) is 44.6 Å². The predicted molar refractivity (Wildman–Crippen MR) is 72.6 cm³/mol. The van der Waals surface area contributed by atoms with Crippen molar-refractivity contribution >= 4 is 0 Å². The Morgan fingerprint density at radius 2 is 2.12 bits per heavy atom. The Bertz CT molecular complexity index is 326. The van der Waals surface area contributed by atoms with Crippen molar-refractivity contribution in [3.05, 3.63) is 29.3 Å². The number of hydrogen-bond acceptors (Lipinski definition) is 3. The summed E-state index contributed by atoms with van der Waals surface area (Å²) in [6.07, 6.45) is 3.10. The summed E-state index contributed by atoms with van der Waals surface area (Å²) in [5, 5.41) is 3.39. The number of benzene rings is 1. The van der Waals surface area contributed by atoms with E-state index >= 15 is 0 Å². The largest absolute Gasteiger partial charge is 0.496 e. The first kappa shape index (κ1) is 14.0. The van der Waals surface area contributed by atoms with Crippen molar-refractivity contribution in [3.8, 4) is 5.75 Å². The fraction of sp³-hybridized carbons (Fsp3) is 0.571. The highest BCUT2D eigenvalue weighted by Gasteiger charge is 2.03. The number of aryl methyl sites for hydroxylation is 1. The second-order valence-corrected chi connectivity index (χ2v) is 4.14. The lowest BCUT2D eigenvalue weighted by atomic mass is 10.1. The van der Waals surface area contributed by atoms with Gasteiger partial charge in [0.15, 0.2) is 0 Å². The van der Waals surface area contributed by atoms with Crippen LogP contribution in [0.2, 0.25) is 0 Å². The summed E-state index contributed by atoms with van der Waals surface area (Å²) in [6, 6.07) is 6.43. The molecule has 0 aromatic heterocycles. The van der Waals surface area contributed by atoms with E-state index in [1.807, 2.05) is 0 Å². The molecule has 0 atom stereocenters. The Morgan fingerprint density at radius 1 is 1.29 bits per heavy atom. The van der Waals surface area contributed by atoms with Gasteiger partial charge >= 0.3 is 0 Å². The fourth-order valence-electron chi connectivity index (χ4n) is 1.82. The van der Waals surface area contributed by atoms with Crippen LogP contribution in [0.4, 0.5) is 0 Å². The van der Waals surface area contributed by atoms with Crippen LogP contribution in [-0.2, 0) is 12.8 Å². The summed E-state index contributed by atoms with van der Waals surface area (Å²) in [5.41, 5.74) is 8.09. The van der Waals surface area contributed by atoms with Gasteiger partial charge in [0.2, 0.25) is 0 Å². The summed E-state index contributed by atoms with van der Waals surface area (Å²) in [7, 11) is 1.73. The molecular formula is C14H24N2O. The van der Waals surface area contributed by atoms with E-state index in [9.17, 15) is 0 Å². The third-order valence-corrected chi connectivity index (χ3v) is 2.88. The van der Waals surface area contributed by atoms with Crippen molar-refractivity contribution in [1.29, 1.82) is 0 Å². The standard InChI is InChI=1S/C14H24N2O/c1-3-12-5-6-14(17-2)13(11-12)7-10-16-9-4-8-15/h5-6,11,16H,3-4,7-10,15H2,1-2H3. The Hall–Kier alpha value is -1.06. The van der Waals surface area contributed by atoms with E-state index in [4.69, 9.17) is 10.5 Å². The first-order valence-corrected chi connectivity index (χ1v) is 6.38. The molecule has 0 amide bonds. The molecule has 0 spiro atoms. The van der Waals surface area contributed by atoms with Gasteiger partial charge in [-0.05, 0) is 56.1 Å². The molecular weight excluding hydrogens is 212 g/mol. The third-order valence-electron chi connectivity index (χ3n) is 2.88. The van der Waals surface area contributed by atoms with Gasteiger partial charge in [-0.2, -0.15) is 0 Å². The SMILES string of the molecule is CCc1ccc(OC)c(CCNCCCN)c1. The number of methoxy groups -OCH3 is 1. The summed E-state index contributed by atoms with van der Waals surface area (Å²) in [5.74, 6) is 0.989. The molecule has 0 unspecified atom stereocenters. The van der Waals surface area contributed by atoms with Crippen molar-refractivity contribution in [2.75, 3.05) is 26.7 Å². The van der Waals surface area contributed by atoms with Crippen LogP contribution >= 0.6 is 0 Å². The van der Waals surface area contributed by atoms with E-state index in [-0.39, 0.29) is 0 Å². The molecule has 1 rings (SSSR count). The Balaban J connectivity index is 2.49. The molecule has 17 heavy (non-hydrogen) atoms. The van der Waals surface area contributed by atoms with Crippen LogP contribution < -0.4 is 15.8 Å². The average molecular weight is 236 g/mol. The van der Waals surface area contributed by atoms with Crippen LogP contribution in [-0.4, -0.2) is 26.7 Å². The van der Waals surface area contributed by atoms with Crippen LogP contribution in [0.5, 0.6) is 5.75 Å². The topological polar surface area (TPSA) is 47.3 Å². The van der Waals surface area contributed by atoms with Crippen LogP contribution in [0.15, 0.2) is 18.2 Å². The quantitative estimate of drug-likeness (QED) is 0.676. The summed E-state index contributed by atoms with van der Waals surface area (Å²) in [4.78, 5) is 0. The van der Waals surface area contributed by atoms with E-state index in [0.29, 0.717) is 0 Å². The predicted octanol–water partition coefficient (Wildman–Crippen LogP) is 1.74. The lowest BCUT2D eigenvalue weighted by Crippen LogP contribution is -2.21. The van der Waals surface area contributed by atoms with Gasteiger partial charge in [0.25, 0.3) is 0 Å².